The molecule has 2 N–H and O–H groups in total. The smallest absolute Gasteiger partial charge is 0.240 e. The zero-order chi connectivity index (χ0) is 27.4. The number of halogens is 2. The topological polar surface area (TPSA) is 88.4 Å². The standard InChI is InChI=1S/C29H29BrClN5O2S/c1-2-6-20-11-13-23(14-12-20)39(37,38)34-18-22-8-5-7-21(15-22)17-32-28-16-27(24-9-3-4-10-26(24)31)35-29-25(30)19-33-36(28)29/h3-5,8-16,19,21,32,34H,2,6-7,17-18H2,1H3. The first-order valence-electron chi connectivity index (χ1n) is 12.8. The predicted octanol–water partition coefficient (Wildman–Crippen LogP) is 6.66. The maximum Gasteiger partial charge on any atom is 0.240 e. The number of hydrogen-bond donors (Lipinski definition) is 2. The number of fused-ring (bicyclic) bond motifs is 1. The van der Waals surface area contributed by atoms with Gasteiger partial charge in [-0.25, -0.2) is 18.1 Å². The van der Waals surface area contributed by atoms with Gasteiger partial charge in [0.1, 0.15) is 5.82 Å². The first-order chi connectivity index (χ1) is 18.8. The number of sulfonamides is 1. The van der Waals surface area contributed by atoms with E-state index in [0.717, 1.165) is 51.9 Å². The molecule has 4 aromatic rings. The van der Waals surface area contributed by atoms with Crippen LogP contribution in [-0.2, 0) is 16.4 Å². The highest BCUT2D eigenvalue weighted by atomic mass is 79.9. The summed E-state index contributed by atoms with van der Waals surface area (Å²) >= 11 is 9.99. The first kappa shape index (κ1) is 27.6. The van der Waals surface area contributed by atoms with Crippen molar-refractivity contribution in [1.29, 1.82) is 0 Å². The van der Waals surface area contributed by atoms with E-state index in [9.17, 15) is 8.42 Å². The number of rotatable bonds is 10. The molecule has 0 spiro atoms. The molecule has 1 aliphatic rings. The van der Waals surface area contributed by atoms with E-state index in [0.29, 0.717) is 17.2 Å². The second-order valence-corrected chi connectivity index (χ2v) is 12.5. The maximum atomic E-state index is 12.8. The van der Waals surface area contributed by atoms with Crippen molar-refractivity contribution >= 4 is 49.0 Å². The van der Waals surface area contributed by atoms with E-state index in [1.807, 2.05) is 48.5 Å². The molecule has 10 heteroatoms. The van der Waals surface area contributed by atoms with Crippen LogP contribution in [0.25, 0.3) is 16.9 Å². The quantitative estimate of drug-likeness (QED) is 0.206. The number of aromatic nitrogens is 3. The van der Waals surface area contributed by atoms with Crippen molar-refractivity contribution in [2.75, 3.05) is 18.4 Å². The van der Waals surface area contributed by atoms with Crippen LogP contribution in [0.3, 0.4) is 0 Å². The lowest BCUT2D eigenvalue weighted by Gasteiger charge is -2.19. The Kier molecular flexibility index (Phi) is 8.52. The number of hydrogen-bond acceptors (Lipinski definition) is 5. The summed E-state index contributed by atoms with van der Waals surface area (Å²) in [5.74, 6) is 0.964. The third-order valence-electron chi connectivity index (χ3n) is 6.58. The van der Waals surface area contributed by atoms with Crippen LogP contribution in [0.2, 0.25) is 5.02 Å². The molecule has 0 aliphatic heterocycles. The predicted molar refractivity (Wildman–Crippen MR) is 161 cm³/mol. The van der Waals surface area contributed by atoms with Crippen LogP contribution in [0.4, 0.5) is 5.82 Å². The van der Waals surface area contributed by atoms with Crippen LogP contribution in [0.15, 0.2) is 94.0 Å². The summed E-state index contributed by atoms with van der Waals surface area (Å²) in [4.78, 5) is 5.04. The van der Waals surface area contributed by atoms with Gasteiger partial charge in [0.05, 0.1) is 21.3 Å². The highest BCUT2D eigenvalue weighted by Gasteiger charge is 2.17. The fraction of sp³-hybridized carbons (Fsp3) is 0.241. The van der Waals surface area contributed by atoms with Crippen molar-refractivity contribution in [3.8, 4) is 11.3 Å². The van der Waals surface area contributed by atoms with Gasteiger partial charge in [-0.3, -0.25) is 0 Å². The maximum absolute atomic E-state index is 12.8. The van der Waals surface area contributed by atoms with Gasteiger partial charge in [0.2, 0.25) is 10.0 Å². The van der Waals surface area contributed by atoms with Crippen LogP contribution in [0.5, 0.6) is 0 Å². The zero-order valence-corrected chi connectivity index (χ0v) is 24.6. The van der Waals surface area contributed by atoms with Crippen molar-refractivity contribution < 1.29 is 8.42 Å². The van der Waals surface area contributed by atoms with Gasteiger partial charge in [-0.05, 0) is 64.0 Å². The molecule has 2 aromatic carbocycles. The Morgan fingerprint density at radius 2 is 1.95 bits per heavy atom. The lowest BCUT2D eigenvalue weighted by atomic mass is 9.96. The van der Waals surface area contributed by atoms with Crippen LogP contribution < -0.4 is 10.0 Å². The molecule has 39 heavy (non-hydrogen) atoms. The lowest BCUT2D eigenvalue weighted by molar-refractivity contribution is 0.584. The van der Waals surface area contributed by atoms with Gasteiger partial charge < -0.3 is 5.32 Å². The van der Waals surface area contributed by atoms with Crippen molar-refractivity contribution in [2.45, 2.75) is 31.1 Å². The van der Waals surface area contributed by atoms with Gasteiger partial charge in [-0.1, -0.05) is 73.5 Å². The molecule has 1 aliphatic carbocycles. The third kappa shape index (κ3) is 6.44. The van der Waals surface area contributed by atoms with E-state index < -0.39 is 10.0 Å². The Hall–Kier alpha value is -2.98. The fourth-order valence-electron chi connectivity index (χ4n) is 4.57. The Morgan fingerprint density at radius 3 is 2.72 bits per heavy atom. The summed E-state index contributed by atoms with van der Waals surface area (Å²) in [5, 5.41) is 8.60. The van der Waals surface area contributed by atoms with E-state index in [1.165, 1.54) is 0 Å². The van der Waals surface area contributed by atoms with E-state index in [-0.39, 0.29) is 17.4 Å². The van der Waals surface area contributed by atoms with Gasteiger partial charge in [0.25, 0.3) is 0 Å². The highest BCUT2D eigenvalue weighted by Crippen LogP contribution is 2.30. The molecule has 7 nitrogen and oxygen atoms in total. The van der Waals surface area contributed by atoms with Crippen molar-refractivity contribution in [1.82, 2.24) is 19.3 Å². The molecule has 1 atom stereocenters. The molecule has 0 fully saturated rings. The third-order valence-corrected chi connectivity index (χ3v) is 8.89. The molecule has 1 unspecified atom stereocenters. The summed E-state index contributed by atoms with van der Waals surface area (Å²) in [6, 6.07) is 16.7. The van der Waals surface area contributed by atoms with Gasteiger partial charge >= 0.3 is 0 Å². The molecular formula is C29H29BrClN5O2S. The number of allylic oxidation sites excluding steroid dienone is 1. The second-order valence-electron chi connectivity index (χ2n) is 9.47. The highest BCUT2D eigenvalue weighted by molar-refractivity contribution is 9.10. The molecular weight excluding hydrogens is 598 g/mol. The van der Waals surface area contributed by atoms with E-state index in [4.69, 9.17) is 16.6 Å². The number of nitrogens with zero attached hydrogens (tertiary/aromatic N) is 3. The van der Waals surface area contributed by atoms with Gasteiger partial charge in [-0.15, -0.1) is 0 Å². The lowest BCUT2D eigenvalue weighted by Crippen LogP contribution is -2.26. The summed E-state index contributed by atoms with van der Waals surface area (Å²) in [6.45, 7) is 2.97. The van der Waals surface area contributed by atoms with Gasteiger partial charge in [0.15, 0.2) is 5.65 Å². The molecule has 5 rings (SSSR count). The van der Waals surface area contributed by atoms with E-state index >= 15 is 0 Å². The van der Waals surface area contributed by atoms with Crippen LogP contribution >= 0.6 is 27.5 Å². The molecule has 0 amide bonds. The number of nitrogens with one attached hydrogen (secondary N) is 2. The minimum absolute atomic E-state index is 0.175. The molecule has 0 saturated carbocycles. The normalized spacial score (nSPS) is 15.5. The summed E-state index contributed by atoms with van der Waals surface area (Å²) < 4.78 is 30.9. The molecule has 0 bridgehead atoms. The zero-order valence-electron chi connectivity index (χ0n) is 21.4. The van der Waals surface area contributed by atoms with Crippen LogP contribution in [-0.4, -0.2) is 36.1 Å². The van der Waals surface area contributed by atoms with Crippen molar-refractivity contribution in [3.63, 3.8) is 0 Å². The van der Waals surface area contributed by atoms with Crippen LogP contribution in [0, 0.1) is 5.92 Å². The Bertz CT molecular complexity index is 1650. The molecule has 0 radical (unpaired) electrons. The minimum Gasteiger partial charge on any atom is -0.369 e. The summed E-state index contributed by atoms with van der Waals surface area (Å²) in [5.41, 5.74) is 4.34. The van der Waals surface area contributed by atoms with E-state index in [1.54, 1.807) is 22.8 Å². The van der Waals surface area contributed by atoms with Crippen molar-refractivity contribution in [2.24, 2.45) is 5.92 Å². The number of anilines is 1. The van der Waals surface area contributed by atoms with Crippen LogP contribution in [0.1, 0.15) is 25.3 Å². The largest absolute Gasteiger partial charge is 0.369 e. The molecule has 2 aromatic heterocycles. The Labute approximate surface area is 242 Å². The number of aryl methyl sites for hydroxylation is 1. The van der Waals surface area contributed by atoms with Gasteiger partial charge in [0, 0.05) is 29.7 Å². The monoisotopic (exact) mass is 625 g/mol. The Balaban J connectivity index is 1.28. The molecule has 0 saturated heterocycles. The van der Waals surface area contributed by atoms with Crippen molar-refractivity contribution in [3.05, 3.63) is 99.7 Å². The average molecular weight is 627 g/mol. The average Bonchev–Trinajstić information content (AvgIpc) is 3.32. The molecule has 202 valence electrons. The summed E-state index contributed by atoms with van der Waals surface area (Å²) in [6.07, 6.45) is 10.7. The second kappa shape index (κ2) is 12.0. The Morgan fingerprint density at radius 1 is 1.15 bits per heavy atom. The number of benzene rings is 2. The minimum atomic E-state index is -3.59. The van der Waals surface area contributed by atoms with E-state index in [2.05, 4.69) is 50.1 Å². The summed E-state index contributed by atoms with van der Waals surface area (Å²) in [7, 11) is -3.59. The first-order valence-corrected chi connectivity index (χ1v) is 15.5. The fourth-order valence-corrected chi connectivity index (χ4v) is 6.17. The molecule has 2 heterocycles. The van der Waals surface area contributed by atoms with Gasteiger partial charge in [-0.2, -0.15) is 9.61 Å². The SMILES string of the molecule is CCCc1ccc(S(=O)(=O)NCC2=CC(CNc3cc(-c4ccccc4Cl)nc4c(Br)cnn34)CC=C2)cc1.